The lowest BCUT2D eigenvalue weighted by Gasteiger charge is -2.11. The summed E-state index contributed by atoms with van der Waals surface area (Å²) in [7, 11) is 0. The molecule has 0 spiro atoms. The van der Waals surface area contributed by atoms with Crippen LogP contribution in [0.5, 0.6) is 11.5 Å². The molecule has 0 atom stereocenters. The van der Waals surface area contributed by atoms with Gasteiger partial charge < -0.3 is 24.8 Å². The number of benzene rings is 1. The zero-order valence-corrected chi connectivity index (χ0v) is 11.8. The van der Waals surface area contributed by atoms with Crippen molar-refractivity contribution in [3.63, 3.8) is 0 Å². The molecule has 0 saturated carbocycles. The van der Waals surface area contributed by atoms with Gasteiger partial charge in [-0.3, -0.25) is 4.79 Å². The van der Waals surface area contributed by atoms with Crippen LogP contribution in [-0.2, 0) is 9.53 Å². The number of esters is 1. The average Bonchev–Trinajstić information content (AvgIpc) is 2.70. The summed E-state index contributed by atoms with van der Waals surface area (Å²) in [6, 6.07) is 4.64. The average molecular weight is 294 g/mol. The van der Waals surface area contributed by atoms with E-state index in [-0.39, 0.29) is 13.2 Å². The van der Waals surface area contributed by atoms with Gasteiger partial charge in [0.05, 0.1) is 19.8 Å². The second-order valence-electron chi connectivity index (χ2n) is 4.32. The van der Waals surface area contributed by atoms with E-state index in [1.807, 2.05) is 0 Å². The van der Waals surface area contributed by atoms with Crippen molar-refractivity contribution >= 4 is 17.7 Å². The SMILES string of the molecule is CCOC(=O)CNC(=O)Nc1ccc2c(c1)OCCCO2. The summed E-state index contributed by atoms with van der Waals surface area (Å²) < 4.78 is 15.7. The molecule has 7 nitrogen and oxygen atoms in total. The Morgan fingerprint density at radius 3 is 2.76 bits per heavy atom. The Morgan fingerprint density at radius 1 is 1.24 bits per heavy atom. The van der Waals surface area contributed by atoms with Gasteiger partial charge in [0.2, 0.25) is 0 Å². The van der Waals surface area contributed by atoms with E-state index in [1.165, 1.54) is 0 Å². The van der Waals surface area contributed by atoms with Crippen LogP contribution in [0.1, 0.15) is 13.3 Å². The summed E-state index contributed by atoms with van der Waals surface area (Å²) in [6.45, 7) is 3.00. The first kappa shape index (κ1) is 15.0. The van der Waals surface area contributed by atoms with Crippen LogP contribution in [0.4, 0.5) is 10.5 Å². The van der Waals surface area contributed by atoms with Crippen LogP contribution in [0.3, 0.4) is 0 Å². The lowest BCUT2D eigenvalue weighted by molar-refractivity contribution is -0.141. The molecule has 1 aromatic carbocycles. The number of hydrogen-bond donors (Lipinski definition) is 2. The second kappa shape index (κ2) is 7.37. The van der Waals surface area contributed by atoms with Crippen molar-refractivity contribution in [1.82, 2.24) is 5.32 Å². The zero-order valence-electron chi connectivity index (χ0n) is 11.8. The van der Waals surface area contributed by atoms with Gasteiger partial charge in [0, 0.05) is 18.2 Å². The molecular weight excluding hydrogens is 276 g/mol. The predicted octanol–water partition coefficient (Wildman–Crippen LogP) is 1.53. The van der Waals surface area contributed by atoms with E-state index < -0.39 is 12.0 Å². The van der Waals surface area contributed by atoms with E-state index in [0.717, 1.165) is 6.42 Å². The molecule has 0 saturated heterocycles. The van der Waals surface area contributed by atoms with Gasteiger partial charge in [-0.2, -0.15) is 0 Å². The molecule has 7 heteroatoms. The molecule has 21 heavy (non-hydrogen) atoms. The topological polar surface area (TPSA) is 85.9 Å². The fraction of sp³-hybridized carbons (Fsp3) is 0.429. The van der Waals surface area contributed by atoms with Gasteiger partial charge in [-0.1, -0.05) is 0 Å². The molecule has 1 aliphatic heterocycles. The maximum atomic E-state index is 11.7. The third-order valence-corrected chi connectivity index (χ3v) is 2.70. The molecule has 2 rings (SSSR count). The number of urea groups is 1. The first-order valence-corrected chi connectivity index (χ1v) is 6.79. The maximum absolute atomic E-state index is 11.7. The standard InChI is InChI=1S/C14H18N2O5/c1-2-19-13(17)9-15-14(18)16-10-4-5-11-12(8-10)21-7-3-6-20-11/h4-5,8H,2-3,6-7,9H2,1H3,(H2,15,16,18). The Kier molecular flexibility index (Phi) is 5.25. The van der Waals surface area contributed by atoms with Crippen LogP contribution in [0.2, 0.25) is 0 Å². The first-order chi connectivity index (χ1) is 10.2. The Labute approximate surface area is 122 Å². The Hall–Kier alpha value is -2.44. The monoisotopic (exact) mass is 294 g/mol. The van der Waals surface area contributed by atoms with Crippen LogP contribution in [0.15, 0.2) is 18.2 Å². The van der Waals surface area contributed by atoms with E-state index in [0.29, 0.717) is 30.4 Å². The zero-order chi connectivity index (χ0) is 15.1. The summed E-state index contributed by atoms with van der Waals surface area (Å²) in [6.07, 6.45) is 0.817. The number of ether oxygens (including phenoxy) is 3. The number of carbonyl (C=O) groups excluding carboxylic acids is 2. The summed E-state index contributed by atoms with van der Waals surface area (Å²) in [5, 5.41) is 5.03. The van der Waals surface area contributed by atoms with Crippen molar-refractivity contribution in [2.75, 3.05) is 31.7 Å². The van der Waals surface area contributed by atoms with Gasteiger partial charge in [0.15, 0.2) is 11.5 Å². The fourth-order valence-electron chi connectivity index (χ4n) is 1.78. The number of hydrogen-bond acceptors (Lipinski definition) is 5. The van der Waals surface area contributed by atoms with E-state index >= 15 is 0 Å². The van der Waals surface area contributed by atoms with Gasteiger partial charge >= 0.3 is 12.0 Å². The van der Waals surface area contributed by atoms with E-state index in [1.54, 1.807) is 25.1 Å². The molecule has 0 aliphatic carbocycles. The van der Waals surface area contributed by atoms with Crippen molar-refractivity contribution in [2.24, 2.45) is 0 Å². The molecule has 1 aromatic rings. The Balaban J connectivity index is 1.89. The van der Waals surface area contributed by atoms with Gasteiger partial charge in [0.1, 0.15) is 6.54 Å². The molecule has 1 heterocycles. The number of anilines is 1. The van der Waals surface area contributed by atoms with E-state index in [4.69, 9.17) is 14.2 Å². The summed E-state index contributed by atoms with van der Waals surface area (Å²) in [5.41, 5.74) is 0.556. The Morgan fingerprint density at radius 2 is 2.00 bits per heavy atom. The third-order valence-electron chi connectivity index (χ3n) is 2.70. The Bertz CT molecular complexity index is 518. The molecule has 114 valence electrons. The number of nitrogens with one attached hydrogen (secondary N) is 2. The smallest absolute Gasteiger partial charge is 0.325 e. The van der Waals surface area contributed by atoms with Crippen LogP contribution < -0.4 is 20.1 Å². The van der Waals surface area contributed by atoms with E-state index in [9.17, 15) is 9.59 Å². The quantitative estimate of drug-likeness (QED) is 0.823. The summed E-state index contributed by atoms with van der Waals surface area (Å²) in [5.74, 6) is 0.770. The van der Waals surface area contributed by atoms with Crippen molar-refractivity contribution < 1.29 is 23.8 Å². The van der Waals surface area contributed by atoms with Crippen molar-refractivity contribution in [3.05, 3.63) is 18.2 Å². The van der Waals surface area contributed by atoms with E-state index in [2.05, 4.69) is 10.6 Å². The van der Waals surface area contributed by atoms with Crippen molar-refractivity contribution in [1.29, 1.82) is 0 Å². The molecule has 2 N–H and O–H groups in total. The number of carbonyl (C=O) groups is 2. The lowest BCUT2D eigenvalue weighted by atomic mass is 10.3. The van der Waals surface area contributed by atoms with Crippen LogP contribution >= 0.6 is 0 Å². The maximum Gasteiger partial charge on any atom is 0.325 e. The highest BCUT2D eigenvalue weighted by Crippen LogP contribution is 2.32. The lowest BCUT2D eigenvalue weighted by Crippen LogP contribution is -2.34. The highest BCUT2D eigenvalue weighted by Gasteiger charge is 2.12. The predicted molar refractivity (Wildman–Crippen MR) is 75.7 cm³/mol. The normalized spacial score (nSPS) is 13.0. The number of amides is 2. The minimum absolute atomic E-state index is 0.176. The van der Waals surface area contributed by atoms with Gasteiger partial charge in [-0.05, 0) is 19.1 Å². The van der Waals surface area contributed by atoms with Gasteiger partial charge in [-0.15, -0.1) is 0 Å². The first-order valence-electron chi connectivity index (χ1n) is 6.79. The van der Waals surface area contributed by atoms with Crippen molar-refractivity contribution in [3.8, 4) is 11.5 Å². The molecule has 0 unspecified atom stereocenters. The second-order valence-corrected chi connectivity index (χ2v) is 4.32. The van der Waals surface area contributed by atoms with Crippen LogP contribution in [0, 0.1) is 0 Å². The molecular formula is C14H18N2O5. The highest BCUT2D eigenvalue weighted by atomic mass is 16.5. The molecule has 0 radical (unpaired) electrons. The number of fused-ring (bicyclic) bond motifs is 1. The minimum Gasteiger partial charge on any atom is -0.490 e. The van der Waals surface area contributed by atoms with Crippen LogP contribution in [0.25, 0.3) is 0 Å². The molecule has 0 aromatic heterocycles. The van der Waals surface area contributed by atoms with Crippen molar-refractivity contribution in [2.45, 2.75) is 13.3 Å². The third kappa shape index (κ3) is 4.55. The minimum atomic E-state index is -0.488. The van der Waals surface area contributed by atoms with Gasteiger partial charge in [0.25, 0.3) is 0 Å². The number of rotatable bonds is 4. The summed E-state index contributed by atoms with van der Waals surface area (Å²) >= 11 is 0. The fourth-order valence-corrected chi connectivity index (χ4v) is 1.78. The van der Waals surface area contributed by atoms with Gasteiger partial charge in [-0.25, -0.2) is 4.79 Å². The molecule has 2 amide bonds. The molecule has 0 fully saturated rings. The summed E-state index contributed by atoms with van der Waals surface area (Å²) in [4.78, 5) is 22.8. The highest BCUT2D eigenvalue weighted by molar-refractivity contribution is 5.91. The largest absolute Gasteiger partial charge is 0.490 e. The molecule has 1 aliphatic rings. The molecule has 0 bridgehead atoms. The van der Waals surface area contributed by atoms with Crippen LogP contribution in [-0.4, -0.2) is 38.4 Å².